The van der Waals surface area contributed by atoms with Crippen LogP contribution in [0.3, 0.4) is 0 Å². The Balaban J connectivity index is 2.08. The van der Waals surface area contributed by atoms with Crippen molar-refractivity contribution in [3.05, 3.63) is 11.8 Å². The summed E-state index contributed by atoms with van der Waals surface area (Å²) >= 11 is 0. The van der Waals surface area contributed by atoms with Crippen LogP contribution in [0.4, 0.5) is 0 Å². The zero-order valence-electron chi connectivity index (χ0n) is 8.89. The summed E-state index contributed by atoms with van der Waals surface area (Å²) in [5, 5.41) is 17.0. The molecule has 1 aromatic heterocycles. The summed E-state index contributed by atoms with van der Waals surface area (Å²) in [4.78, 5) is 0. The molecule has 1 heterocycles. The maximum absolute atomic E-state index is 9.27. The quantitative estimate of drug-likeness (QED) is 0.765. The van der Waals surface area contributed by atoms with Gasteiger partial charge in [-0.3, -0.25) is 0 Å². The minimum Gasteiger partial charge on any atom is -0.422 e. The van der Waals surface area contributed by atoms with Gasteiger partial charge in [-0.2, -0.15) is 0 Å². The van der Waals surface area contributed by atoms with E-state index in [4.69, 9.17) is 10.2 Å². The Morgan fingerprint density at radius 3 is 2.87 bits per heavy atom. The van der Waals surface area contributed by atoms with Gasteiger partial charge < -0.3 is 15.3 Å². The second-order valence-electron chi connectivity index (χ2n) is 4.28. The molecule has 5 heteroatoms. The van der Waals surface area contributed by atoms with Crippen molar-refractivity contribution in [3.8, 4) is 0 Å². The van der Waals surface area contributed by atoms with Crippen LogP contribution in [0.25, 0.3) is 0 Å². The lowest BCUT2D eigenvalue weighted by atomic mass is 9.86. The fraction of sp³-hybridized carbons (Fsp3) is 0.800. The highest BCUT2D eigenvalue weighted by molar-refractivity contribution is 4.96. The lowest BCUT2D eigenvalue weighted by Gasteiger charge is -2.23. The molecule has 84 valence electrons. The molecule has 1 fully saturated rings. The van der Waals surface area contributed by atoms with Crippen LogP contribution < -0.4 is 5.73 Å². The Morgan fingerprint density at radius 2 is 2.27 bits per heavy atom. The molecule has 3 N–H and O–H groups in total. The topological polar surface area (TPSA) is 85.2 Å². The third-order valence-corrected chi connectivity index (χ3v) is 2.88. The minimum absolute atomic E-state index is 0.241. The van der Waals surface area contributed by atoms with Gasteiger partial charge in [0.05, 0.1) is 0 Å². The van der Waals surface area contributed by atoms with E-state index in [9.17, 15) is 5.11 Å². The summed E-state index contributed by atoms with van der Waals surface area (Å²) in [6, 6.07) is 0.241. The van der Waals surface area contributed by atoms with Gasteiger partial charge in [-0.05, 0) is 26.2 Å². The Labute approximate surface area is 88.7 Å². The SMILES string of the molecule is CC(O)c1nnc(C2CCCC(N)C2)o1. The lowest BCUT2D eigenvalue weighted by molar-refractivity contribution is 0.158. The van der Waals surface area contributed by atoms with Crippen molar-refractivity contribution in [2.45, 2.75) is 50.7 Å². The second-order valence-corrected chi connectivity index (χ2v) is 4.28. The van der Waals surface area contributed by atoms with E-state index in [0.29, 0.717) is 11.8 Å². The van der Waals surface area contributed by atoms with Crippen LogP contribution in [0.5, 0.6) is 0 Å². The van der Waals surface area contributed by atoms with Crippen molar-refractivity contribution in [2.75, 3.05) is 0 Å². The molecule has 0 radical (unpaired) electrons. The van der Waals surface area contributed by atoms with Crippen LogP contribution in [0.1, 0.15) is 56.4 Å². The number of nitrogens with zero attached hydrogens (tertiary/aromatic N) is 2. The van der Waals surface area contributed by atoms with E-state index >= 15 is 0 Å². The lowest BCUT2D eigenvalue weighted by Crippen LogP contribution is -2.26. The van der Waals surface area contributed by atoms with Gasteiger partial charge in [0.1, 0.15) is 6.10 Å². The Bertz CT molecular complexity index is 324. The van der Waals surface area contributed by atoms with Gasteiger partial charge in [-0.1, -0.05) is 6.42 Å². The third-order valence-electron chi connectivity index (χ3n) is 2.88. The molecule has 1 aliphatic rings. The fourth-order valence-electron chi connectivity index (χ4n) is 2.03. The Morgan fingerprint density at radius 1 is 1.47 bits per heavy atom. The van der Waals surface area contributed by atoms with E-state index < -0.39 is 6.10 Å². The van der Waals surface area contributed by atoms with Gasteiger partial charge in [0.15, 0.2) is 0 Å². The fourth-order valence-corrected chi connectivity index (χ4v) is 2.03. The average molecular weight is 211 g/mol. The highest BCUT2D eigenvalue weighted by Gasteiger charge is 2.25. The molecule has 5 nitrogen and oxygen atoms in total. The number of aromatic nitrogens is 2. The molecule has 0 saturated heterocycles. The number of rotatable bonds is 2. The number of aliphatic hydroxyl groups is 1. The molecule has 0 bridgehead atoms. The molecule has 1 aliphatic carbocycles. The Kier molecular flexibility index (Phi) is 3.02. The molecule has 0 aliphatic heterocycles. The number of aliphatic hydroxyl groups excluding tert-OH is 1. The maximum Gasteiger partial charge on any atom is 0.244 e. The molecule has 0 spiro atoms. The molecule has 2 rings (SSSR count). The van der Waals surface area contributed by atoms with Crippen molar-refractivity contribution < 1.29 is 9.52 Å². The number of nitrogens with two attached hydrogens (primary N) is 1. The van der Waals surface area contributed by atoms with Gasteiger partial charge in [0.2, 0.25) is 11.8 Å². The van der Waals surface area contributed by atoms with E-state index in [-0.39, 0.29) is 12.0 Å². The molecule has 3 atom stereocenters. The highest BCUT2D eigenvalue weighted by atomic mass is 16.4. The van der Waals surface area contributed by atoms with Gasteiger partial charge >= 0.3 is 0 Å². The molecule has 0 amide bonds. The zero-order chi connectivity index (χ0) is 10.8. The summed E-state index contributed by atoms with van der Waals surface area (Å²) in [5.41, 5.74) is 5.89. The molecule has 15 heavy (non-hydrogen) atoms. The van der Waals surface area contributed by atoms with Crippen LogP contribution in [-0.2, 0) is 0 Å². The second kappa shape index (κ2) is 4.28. The smallest absolute Gasteiger partial charge is 0.244 e. The summed E-state index contributed by atoms with van der Waals surface area (Å²) in [7, 11) is 0. The Hall–Kier alpha value is -0.940. The predicted molar refractivity (Wildman–Crippen MR) is 54.1 cm³/mol. The maximum atomic E-state index is 9.27. The van der Waals surface area contributed by atoms with Crippen molar-refractivity contribution in [3.63, 3.8) is 0 Å². The first-order valence-electron chi connectivity index (χ1n) is 5.43. The molecule has 1 aromatic rings. The molecule has 0 aromatic carbocycles. The van der Waals surface area contributed by atoms with Crippen LogP contribution in [0.2, 0.25) is 0 Å². The van der Waals surface area contributed by atoms with E-state index in [2.05, 4.69) is 10.2 Å². The normalized spacial score (nSPS) is 29.0. The molecule has 3 unspecified atom stereocenters. The van der Waals surface area contributed by atoms with Crippen LogP contribution >= 0.6 is 0 Å². The standard InChI is InChI=1S/C10H17N3O2/c1-6(14)9-12-13-10(15-9)7-3-2-4-8(11)5-7/h6-8,14H,2-5,11H2,1H3. The van der Waals surface area contributed by atoms with E-state index in [0.717, 1.165) is 25.7 Å². The monoisotopic (exact) mass is 211 g/mol. The van der Waals surface area contributed by atoms with Crippen molar-refractivity contribution in [1.82, 2.24) is 10.2 Å². The largest absolute Gasteiger partial charge is 0.422 e. The van der Waals surface area contributed by atoms with Crippen molar-refractivity contribution >= 4 is 0 Å². The summed E-state index contributed by atoms with van der Waals surface area (Å²) < 4.78 is 5.41. The summed E-state index contributed by atoms with van der Waals surface area (Å²) in [6.07, 6.45) is 3.45. The zero-order valence-corrected chi connectivity index (χ0v) is 8.89. The summed E-state index contributed by atoms with van der Waals surface area (Å²) in [5.74, 6) is 1.19. The number of hydrogen-bond donors (Lipinski definition) is 2. The van der Waals surface area contributed by atoms with Gasteiger partial charge in [-0.25, -0.2) is 0 Å². The van der Waals surface area contributed by atoms with Gasteiger partial charge in [-0.15, -0.1) is 10.2 Å². The van der Waals surface area contributed by atoms with E-state index in [1.54, 1.807) is 6.92 Å². The molecule has 1 saturated carbocycles. The van der Waals surface area contributed by atoms with E-state index in [1.807, 2.05) is 0 Å². The van der Waals surface area contributed by atoms with Crippen LogP contribution in [0.15, 0.2) is 4.42 Å². The number of hydrogen-bond acceptors (Lipinski definition) is 5. The van der Waals surface area contributed by atoms with Crippen molar-refractivity contribution in [2.24, 2.45) is 5.73 Å². The first kappa shape index (κ1) is 10.6. The van der Waals surface area contributed by atoms with Gasteiger partial charge in [0.25, 0.3) is 0 Å². The highest BCUT2D eigenvalue weighted by Crippen LogP contribution is 2.31. The summed E-state index contributed by atoms with van der Waals surface area (Å²) in [6.45, 7) is 1.61. The van der Waals surface area contributed by atoms with E-state index in [1.165, 1.54) is 0 Å². The third kappa shape index (κ3) is 2.35. The first-order valence-corrected chi connectivity index (χ1v) is 5.43. The van der Waals surface area contributed by atoms with Crippen LogP contribution in [0, 0.1) is 0 Å². The first-order chi connectivity index (χ1) is 7.16. The van der Waals surface area contributed by atoms with Crippen molar-refractivity contribution in [1.29, 1.82) is 0 Å². The average Bonchev–Trinajstić information content (AvgIpc) is 2.66. The van der Waals surface area contributed by atoms with Gasteiger partial charge in [0, 0.05) is 12.0 Å². The molecular weight excluding hydrogens is 194 g/mol. The predicted octanol–water partition coefficient (Wildman–Crippen LogP) is 1.11. The minimum atomic E-state index is -0.691. The molecular formula is C10H17N3O2. The van der Waals surface area contributed by atoms with Crippen LogP contribution in [-0.4, -0.2) is 21.3 Å².